The van der Waals surface area contributed by atoms with Gasteiger partial charge in [0.15, 0.2) is 0 Å². The number of aliphatic hydroxyl groups excluding tert-OH is 1. The third-order valence-electron chi connectivity index (χ3n) is 4.42. The number of ether oxygens (including phenoxy) is 1. The molecular formula is C13H25NO2. The molecule has 2 aliphatic rings. The minimum Gasteiger partial charge on any atom is -0.395 e. The molecule has 0 unspecified atom stereocenters. The summed E-state index contributed by atoms with van der Waals surface area (Å²) in [5.41, 5.74) is 0.518. The fourth-order valence-electron chi connectivity index (χ4n) is 3.59. The zero-order chi connectivity index (χ0) is 11.4. The smallest absolute Gasteiger partial charge is 0.0558 e. The van der Waals surface area contributed by atoms with Crippen molar-refractivity contribution in [2.45, 2.75) is 32.6 Å². The monoisotopic (exact) mass is 227 g/mol. The van der Waals surface area contributed by atoms with Crippen LogP contribution in [0.15, 0.2) is 0 Å². The Morgan fingerprint density at radius 3 is 2.75 bits per heavy atom. The van der Waals surface area contributed by atoms with Crippen LogP contribution in [-0.4, -0.2) is 49.5 Å². The Kier molecular flexibility index (Phi) is 4.22. The largest absolute Gasteiger partial charge is 0.395 e. The van der Waals surface area contributed by atoms with E-state index in [0.717, 1.165) is 26.3 Å². The maximum absolute atomic E-state index is 9.05. The summed E-state index contributed by atoms with van der Waals surface area (Å²) in [6.45, 7) is 7.25. The van der Waals surface area contributed by atoms with Gasteiger partial charge in [-0.25, -0.2) is 0 Å². The number of hydrogen-bond acceptors (Lipinski definition) is 3. The second-order valence-electron chi connectivity index (χ2n) is 5.38. The maximum Gasteiger partial charge on any atom is 0.0558 e. The summed E-state index contributed by atoms with van der Waals surface area (Å²) >= 11 is 0. The van der Waals surface area contributed by atoms with Gasteiger partial charge in [0.05, 0.1) is 13.2 Å². The van der Waals surface area contributed by atoms with Gasteiger partial charge in [-0.05, 0) is 25.2 Å². The molecule has 1 saturated carbocycles. The van der Waals surface area contributed by atoms with Crippen molar-refractivity contribution in [3.63, 3.8) is 0 Å². The van der Waals surface area contributed by atoms with E-state index in [4.69, 9.17) is 9.84 Å². The van der Waals surface area contributed by atoms with Crippen LogP contribution in [-0.2, 0) is 4.74 Å². The number of hydrogen-bond donors (Lipinski definition) is 1. The zero-order valence-electron chi connectivity index (χ0n) is 10.5. The Labute approximate surface area is 98.8 Å². The van der Waals surface area contributed by atoms with Gasteiger partial charge in [-0.2, -0.15) is 0 Å². The fraction of sp³-hybridized carbons (Fsp3) is 1.00. The van der Waals surface area contributed by atoms with E-state index < -0.39 is 0 Å². The highest BCUT2D eigenvalue weighted by Gasteiger charge is 2.47. The molecule has 16 heavy (non-hydrogen) atoms. The molecule has 1 saturated heterocycles. The summed E-state index contributed by atoms with van der Waals surface area (Å²) in [5, 5.41) is 9.05. The van der Waals surface area contributed by atoms with Crippen molar-refractivity contribution in [3.8, 4) is 0 Å². The molecule has 0 amide bonds. The Hall–Kier alpha value is -0.120. The van der Waals surface area contributed by atoms with Crippen molar-refractivity contribution >= 4 is 0 Å². The molecular weight excluding hydrogens is 202 g/mol. The Balaban J connectivity index is 1.96. The minimum atomic E-state index is 0.289. The van der Waals surface area contributed by atoms with Crippen LogP contribution in [0, 0.1) is 11.3 Å². The summed E-state index contributed by atoms with van der Waals surface area (Å²) in [4.78, 5) is 2.43. The standard InChI is InChI=1S/C13H25NO2/c1-2-16-10-12-9-14(7-8-15)11-13(12)5-3-4-6-13/h12,15H,2-11H2,1H3/t12-/m0/s1. The number of rotatable bonds is 5. The lowest BCUT2D eigenvalue weighted by Gasteiger charge is -2.29. The maximum atomic E-state index is 9.05. The molecule has 2 rings (SSSR count). The molecule has 0 radical (unpaired) electrons. The zero-order valence-corrected chi connectivity index (χ0v) is 10.5. The van der Waals surface area contributed by atoms with Gasteiger partial charge in [0.1, 0.15) is 0 Å². The van der Waals surface area contributed by atoms with Crippen LogP contribution in [0.2, 0.25) is 0 Å². The molecule has 3 heteroatoms. The molecule has 1 heterocycles. The Morgan fingerprint density at radius 2 is 2.12 bits per heavy atom. The third-order valence-corrected chi connectivity index (χ3v) is 4.42. The molecule has 94 valence electrons. The first-order valence-electron chi connectivity index (χ1n) is 6.72. The average Bonchev–Trinajstić information content (AvgIpc) is 2.86. The molecule has 0 aromatic carbocycles. The molecule has 2 fully saturated rings. The van der Waals surface area contributed by atoms with Gasteiger partial charge in [0.2, 0.25) is 0 Å². The van der Waals surface area contributed by atoms with Crippen LogP contribution < -0.4 is 0 Å². The van der Waals surface area contributed by atoms with Crippen LogP contribution in [0.1, 0.15) is 32.6 Å². The minimum absolute atomic E-state index is 0.289. The first-order valence-corrected chi connectivity index (χ1v) is 6.72. The lowest BCUT2D eigenvalue weighted by atomic mass is 9.77. The van der Waals surface area contributed by atoms with Crippen LogP contribution in [0.3, 0.4) is 0 Å². The predicted molar refractivity (Wildman–Crippen MR) is 64.4 cm³/mol. The van der Waals surface area contributed by atoms with Gasteiger partial charge in [0, 0.05) is 32.2 Å². The number of aliphatic hydroxyl groups is 1. The van der Waals surface area contributed by atoms with E-state index in [9.17, 15) is 0 Å². The Bertz CT molecular complexity index is 214. The van der Waals surface area contributed by atoms with Crippen LogP contribution in [0.5, 0.6) is 0 Å². The lowest BCUT2D eigenvalue weighted by molar-refractivity contribution is 0.0688. The van der Waals surface area contributed by atoms with Gasteiger partial charge < -0.3 is 14.7 Å². The van der Waals surface area contributed by atoms with Gasteiger partial charge >= 0.3 is 0 Å². The van der Waals surface area contributed by atoms with Crippen molar-refractivity contribution in [3.05, 3.63) is 0 Å². The van der Waals surface area contributed by atoms with Crippen molar-refractivity contribution in [1.82, 2.24) is 4.90 Å². The highest BCUT2D eigenvalue weighted by molar-refractivity contribution is 4.99. The molecule has 1 aliphatic heterocycles. The highest BCUT2D eigenvalue weighted by atomic mass is 16.5. The number of nitrogens with zero attached hydrogens (tertiary/aromatic N) is 1. The normalized spacial score (nSPS) is 29.2. The first-order chi connectivity index (χ1) is 7.80. The van der Waals surface area contributed by atoms with Gasteiger partial charge in [-0.1, -0.05) is 12.8 Å². The molecule has 0 aromatic rings. The average molecular weight is 227 g/mol. The van der Waals surface area contributed by atoms with E-state index >= 15 is 0 Å². The van der Waals surface area contributed by atoms with E-state index in [1.54, 1.807) is 0 Å². The molecule has 3 nitrogen and oxygen atoms in total. The molecule has 1 N–H and O–H groups in total. The first kappa shape index (κ1) is 12.3. The fourth-order valence-corrected chi connectivity index (χ4v) is 3.59. The molecule has 1 spiro atoms. The molecule has 1 aliphatic carbocycles. The molecule has 0 aromatic heterocycles. The van der Waals surface area contributed by atoms with Gasteiger partial charge in [-0.3, -0.25) is 0 Å². The van der Waals surface area contributed by atoms with Crippen LogP contribution >= 0.6 is 0 Å². The van der Waals surface area contributed by atoms with Crippen molar-refractivity contribution in [1.29, 1.82) is 0 Å². The summed E-state index contributed by atoms with van der Waals surface area (Å²) in [5.74, 6) is 0.696. The number of likely N-dealkylation sites (tertiary alicyclic amines) is 1. The lowest BCUT2D eigenvalue weighted by Crippen LogP contribution is -2.30. The van der Waals surface area contributed by atoms with E-state index in [2.05, 4.69) is 11.8 Å². The third kappa shape index (κ3) is 2.41. The van der Waals surface area contributed by atoms with Crippen LogP contribution in [0.4, 0.5) is 0 Å². The van der Waals surface area contributed by atoms with Crippen molar-refractivity contribution in [2.75, 3.05) is 39.5 Å². The highest BCUT2D eigenvalue weighted by Crippen LogP contribution is 2.48. The summed E-state index contributed by atoms with van der Waals surface area (Å²) in [6.07, 6.45) is 5.50. The quantitative estimate of drug-likeness (QED) is 0.772. The van der Waals surface area contributed by atoms with E-state index in [-0.39, 0.29) is 6.61 Å². The molecule has 0 bridgehead atoms. The van der Waals surface area contributed by atoms with Gasteiger partial charge in [0.25, 0.3) is 0 Å². The second-order valence-corrected chi connectivity index (χ2v) is 5.38. The Morgan fingerprint density at radius 1 is 1.38 bits per heavy atom. The predicted octanol–water partition coefficient (Wildman–Crippen LogP) is 1.51. The van der Waals surface area contributed by atoms with Crippen LogP contribution in [0.25, 0.3) is 0 Å². The van der Waals surface area contributed by atoms with E-state index in [0.29, 0.717) is 11.3 Å². The number of β-amino-alcohol motifs (C(OH)–C–C–N with tert-alkyl or cyclic N) is 1. The topological polar surface area (TPSA) is 32.7 Å². The van der Waals surface area contributed by atoms with Gasteiger partial charge in [-0.15, -0.1) is 0 Å². The van der Waals surface area contributed by atoms with Crippen molar-refractivity contribution in [2.24, 2.45) is 11.3 Å². The summed E-state index contributed by atoms with van der Waals surface area (Å²) < 4.78 is 5.64. The van der Waals surface area contributed by atoms with E-state index in [1.165, 1.54) is 32.2 Å². The van der Waals surface area contributed by atoms with E-state index in [1.807, 2.05) is 0 Å². The summed E-state index contributed by atoms with van der Waals surface area (Å²) in [6, 6.07) is 0. The second kappa shape index (κ2) is 5.48. The SMILES string of the molecule is CCOC[C@@H]1CN(CCO)CC12CCCC2. The molecule has 1 atom stereocenters. The van der Waals surface area contributed by atoms with Crippen molar-refractivity contribution < 1.29 is 9.84 Å². The summed E-state index contributed by atoms with van der Waals surface area (Å²) in [7, 11) is 0.